The highest BCUT2D eigenvalue weighted by molar-refractivity contribution is 6.00. The van der Waals surface area contributed by atoms with Crippen molar-refractivity contribution in [1.29, 1.82) is 0 Å². The highest BCUT2D eigenvalue weighted by Crippen LogP contribution is 2.26. The molecule has 3 rings (SSSR count). The molecule has 0 bridgehead atoms. The van der Waals surface area contributed by atoms with E-state index in [0.29, 0.717) is 5.69 Å². The van der Waals surface area contributed by atoms with Crippen LogP contribution in [-0.2, 0) is 25.5 Å². The van der Waals surface area contributed by atoms with Crippen molar-refractivity contribution in [2.24, 2.45) is 5.92 Å². The summed E-state index contributed by atoms with van der Waals surface area (Å²) in [6, 6.07) is 16.8. The molecule has 1 heterocycles. The maximum atomic E-state index is 12.4. The molecule has 2 amide bonds. The number of anilines is 2. The maximum absolute atomic E-state index is 12.4. The molecule has 6 heteroatoms. The van der Waals surface area contributed by atoms with Gasteiger partial charge in [0.05, 0.1) is 5.92 Å². The van der Waals surface area contributed by atoms with Crippen LogP contribution in [0.5, 0.6) is 0 Å². The van der Waals surface area contributed by atoms with Crippen LogP contribution >= 0.6 is 0 Å². The third kappa shape index (κ3) is 5.67. The normalized spacial score (nSPS) is 16.0. The number of nitrogens with one attached hydrogen (secondary N) is 1. The van der Waals surface area contributed by atoms with Gasteiger partial charge in [0.2, 0.25) is 5.91 Å². The van der Waals surface area contributed by atoms with E-state index < -0.39 is 17.8 Å². The topological polar surface area (TPSA) is 75.7 Å². The van der Waals surface area contributed by atoms with Gasteiger partial charge in [-0.25, -0.2) is 0 Å². The Morgan fingerprint density at radius 3 is 2.52 bits per heavy atom. The van der Waals surface area contributed by atoms with Crippen molar-refractivity contribution in [3.05, 3.63) is 60.2 Å². The molecule has 0 unspecified atom stereocenters. The van der Waals surface area contributed by atoms with Gasteiger partial charge >= 0.3 is 5.97 Å². The molecular weight excluding hydrogens is 368 g/mol. The monoisotopic (exact) mass is 394 g/mol. The van der Waals surface area contributed by atoms with E-state index in [2.05, 4.69) is 12.2 Å². The number of rotatable bonds is 8. The van der Waals surface area contributed by atoms with Crippen LogP contribution in [0.15, 0.2) is 54.6 Å². The number of hydrogen-bond donors (Lipinski definition) is 1. The predicted octanol–water partition coefficient (Wildman–Crippen LogP) is 3.56. The molecule has 6 nitrogen and oxygen atoms in total. The zero-order chi connectivity index (χ0) is 20.6. The summed E-state index contributed by atoms with van der Waals surface area (Å²) in [5, 5.41) is 2.66. The SMILES string of the molecule is CCCCc1ccc(N2C[C@H](C(=O)OCC(=O)Nc3ccccc3)CC2=O)cc1. The van der Waals surface area contributed by atoms with E-state index in [9.17, 15) is 14.4 Å². The van der Waals surface area contributed by atoms with Crippen molar-refractivity contribution in [1.82, 2.24) is 0 Å². The van der Waals surface area contributed by atoms with E-state index in [1.165, 1.54) is 5.56 Å². The highest BCUT2D eigenvalue weighted by atomic mass is 16.5. The molecule has 0 aliphatic carbocycles. The molecule has 0 spiro atoms. The zero-order valence-corrected chi connectivity index (χ0v) is 16.6. The predicted molar refractivity (Wildman–Crippen MR) is 112 cm³/mol. The lowest BCUT2D eigenvalue weighted by Crippen LogP contribution is -2.28. The lowest BCUT2D eigenvalue weighted by atomic mass is 10.1. The molecule has 152 valence electrons. The number of benzene rings is 2. The highest BCUT2D eigenvalue weighted by Gasteiger charge is 2.36. The minimum Gasteiger partial charge on any atom is -0.455 e. The molecule has 0 radical (unpaired) electrons. The summed E-state index contributed by atoms with van der Waals surface area (Å²) in [5.41, 5.74) is 2.66. The molecule has 2 aromatic carbocycles. The summed E-state index contributed by atoms with van der Waals surface area (Å²) in [7, 11) is 0. The number of nitrogens with zero attached hydrogens (tertiary/aromatic N) is 1. The number of para-hydroxylation sites is 1. The van der Waals surface area contributed by atoms with E-state index in [1.54, 1.807) is 29.2 Å². The lowest BCUT2D eigenvalue weighted by Gasteiger charge is -2.17. The van der Waals surface area contributed by atoms with Crippen LogP contribution in [0.3, 0.4) is 0 Å². The van der Waals surface area contributed by atoms with E-state index in [4.69, 9.17) is 4.74 Å². The molecule has 1 aliphatic rings. The largest absolute Gasteiger partial charge is 0.455 e. The average molecular weight is 394 g/mol. The molecule has 2 aromatic rings. The fourth-order valence-electron chi connectivity index (χ4n) is 3.31. The first-order valence-corrected chi connectivity index (χ1v) is 9.97. The van der Waals surface area contributed by atoms with Crippen LogP contribution in [0.2, 0.25) is 0 Å². The van der Waals surface area contributed by atoms with Crippen LogP contribution < -0.4 is 10.2 Å². The van der Waals surface area contributed by atoms with Gasteiger partial charge in [-0.1, -0.05) is 43.7 Å². The standard InChI is InChI=1S/C23H26N2O4/c1-2-3-7-17-10-12-20(13-11-17)25-15-18(14-22(25)27)23(28)29-16-21(26)24-19-8-5-4-6-9-19/h4-6,8-13,18H,2-3,7,14-16H2,1H3,(H,24,26)/t18-/m1/s1. The summed E-state index contributed by atoms with van der Waals surface area (Å²) in [5.74, 6) is -1.61. The number of ether oxygens (including phenoxy) is 1. The molecule has 1 N–H and O–H groups in total. The molecule has 1 aliphatic heterocycles. The number of aryl methyl sites for hydroxylation is 1. The Morgan fingerprint density at radius 2 is 1.83 bits per heavy atom. The van der Waals surface area contributed by atoms with Crippen molar-refractivity contribution in [2.75, 3.05) is 23.4 Å². The third-order valence-electron chi connectivity index (χ3n) is 4.93. The zero-order valence-electron chi connectivity index (χ0n) is 16.6. The van der Waals surface area contributed by atoms with Gasteiger partial charge in [0, 0.05) is 24.3 Å². The Hall–Kier alpha value is -3.15. The number of amides is 2. The van der Waals surface area contributed by atoms with E-state index in [1.807, 2.05) is 30.3 Å². The van der Waals surface area contributed by atoms with Gasteiger partial charge in [-0.15, -0.1) is 0 Å². The fraction of sp³-hybridized carbons (Fsp3) is 0.348. The Morgan fingerprint density at radius 1 is 1.10 bits per heavy atom. The van der Waals surface area contributed by atoms with Crippen molar-refractivity contribution >= 4 is 29.2 Å². The summed E-state index contributed by atoms with van der Waals surface area (Å²) in [6.45, 7) is 2.05. The van der Waals surface area contributed by atoms with Gasteiger partial charge in [-0.2, -0.15) is 0 Å². The second-order valence-electron chi connectivity index (χ2n) is 7.20. The molecule has 0 saturated carbocycles. The second kappa shape index (κ2) is 9.87. The molecule has 1 fully saturated rings. The first kappa shape index (κ1) is 20.6. The lowest BCUT2D eigenvalue weighted by molar-refractivity contribution is -0.151. The van der Waals surface area contributed by atoms with Crippen molar-refractivity contribution in [3.63, 3.8) is 0 Å². The summed E-state index contributed by atoms with van der Waals surface area (Å²) in [4.78, 5) is 38.2. The van der Waals surface area contributed by atoms with Crippen LogP contribution in [-0.4, -0.2) is 30.9 Å². The van der Waals surface area contributed by atoms with Gasteiger partial charge in [-0.3, -0.25) is 14.4 Å². The smallest absolute Gasteiger partial charge is 0.311 e. The van der Waals surface area contributed by atoms with Gasteiger partial charge in [-0.05, 0) is 42.7 Å². The van der Waals surface area contributed by atoms with Crippen molar-refractivity contribution < 1.29 is 19.1 Å². The molecule has 1 saturated heterocycles. The summed E-state index contributed by atoms with van der Waals surface area (Å²) < 4.78 is 5.13. The third-order valence-corrected chi connectivity index (χ3v) is 4.93. The van der Waals surface area contributed by atoms with E-state index in [-0.39, 0.29) is 25.5 Å². The Balaban J connectivity index is 1.50. The number of unbranched alkanes of at least 4 members (excludes halogenated alkanes) is 1. The van der Waals surface area contributed by atoms with Crippen LogP contribution in [0.25, 0.3) is 0 Å². The fourth-order valence-corrected chi connectivity index (χ4v) is 3.31. The quantitative estimate of drug-likeness (QED) is 0.695. The Kier molecular flexibility index (Phi) is 7.00. The summed E-state index contributed by atoms with van der Waals surface area (Å²) >= 11 is 0. The van der Waals surface area contributed by atoms with Crippen molar-refractivity contribution in [3.8, 4) is 0 Å². The minimum absolute atomic E-state index is 0.0940. The molecule has 29 heavy (non-hydrogen) atoms. The number of esters is 1. The van der Waals surface area contributed by atoms with E-state index in [0.717, 1.165) is 24.9 Å². The minimum atomic E-state index is -0.563. The number of carbonyl (C=O) groups is 3. The van der Waals surface area contributed by atoms with E-state index >= 15 is 0 Å². The number of hydrogen-bond acceptors (Lipinski definition) is 4. The molecule has 0 aromatic heterocycles. The average Bonchev–Trinajstić information content (AvgIpc) is 3.13. The summed E-state index contributed by atoms with van der Waals surface area (Å²) in [6.07, 6.45) is 3.38. The van der Waals surface area contributed by atoms with Gasteiger partial charge in [0.15, 0.2) is 6.61 Å². The van der Waals surface area contributed by atoms with Crippen LogP contribution in [0.1, 0.15) is 31.7 Å². The first-order chi connectivity index (χ1) is 14.1. The van der Waals surface area contributed by atoms with Crippen molar-refractivity contribution in [2.45, 2.75) is 32.6 Å². The molecular formula is C23H26N2O4. The van der Waals surface area contributed by atoms with Gasteiger partial charge in [0.25, 0.3) is 5.91 Å². The Bertz CT molecular complexity index is 849. The maximum Gasteiger partial charge on any atom is 0.311 e. The second-order valence-corrected chi connectivity index (χ2v) is 7.20. The Labute approximate surface area is 170 Å². The first-order valence-electron chi connectivity index (χ1n) is 9.97. The van der Waals surface area contributed by atoms with Gasteiger partial charge in [0.1, 0.15) is 0 Å². The van der Waals surface area contributed by atoms with Crippen LogP contribution in [0, 0.1) is 5.92 Å². The number of carbonyl (C=O) groups excluding carboxylic acids is 3. The van der Waals surface area contributed by atoms with Gasteiger partial charge < -0.3 is 15.0 Å². The molecule has 1 atom stereocenters. The van der Waals surface area contributed by atoms with Crippen LogP contribution in [0.4, 0.5) is 11.4 Å².